The first kappa shape index (κ1) is 13.0. The summed E-state index contributed by atoms with van der Waals surface area (Å²) >= 11 is 0. The average Bonchev–Trinajstić information content (AvgIpc) is 2.37. The van der Waals surface area contributed by atoms with Gasteiger partial charge in [-0.3, -0.25) is 0 Å². The van der Waals surface area contributed by atoms with Crippen molar-refractivity contribution in [3.8, 4) is 0 Å². The number of benzene rings is 1. The topological polar surface area (TPSA) is 52.6 Å². The molecular formula is C13H14O4. The second-order valence-corrected chi connectivity index (χ2v) is 3.42. The number of ether oxygens (including phenoxy) is 2. The molecule has 0 aliphatic heterocycles. The molecule has 0 saturated carbocycles. The molecular weight excluding hydrogens is 220 g/mol. The summed E-state index contributed by atoms with van der Waals surface area (Å²) in [6.45, 7) is 5.23. The van der Waals surface area contributed by atoms with Gasteiger partial charge in [-0.15, -0.1) is 0 Å². The van der Waals surface area contributed by atoms with E-state index in [0.717, 1.165) is 0 Å². The lowest BCUT2D eigenvalue weighted by Gasteiger charge is -2.08. The highest BCUT2D eigenvalue weighted by Crippen LogP contribution is 2.08. The van der Waals surface area contributed by atoms with E-state index >= 15 is 0 Å². The second-order valence-electron chi connectivity index (χ2n) is 3.42. The summed E-state index contributed by atoms with van der Waals surface area (Å²) in [6.07, 6.45) is 1.18. The average molecular weight is 234 g/mol. The Morgan fingerprint density at radius 3 is 2.06 bits per heavy atom. The zero-order valence-corrected chi connectivity index (χ0v) is 9.80. The van der Waals surface area contributed by atoms with Crippen LogP contribution in [0.5, 0.6) is 0 Å². The van der Waals surface area contributed by atoms with Crippen LogP contribution in [0.1, 0.15) is 27.6 Å². The Morgan fingerprint density at radius 2 is 1.65 bits per heavy atom. The Balaban J connectivity index is 2.77. The van der Waals surface area contributed by atoms with Gasteiger partial charge in [-0.05, 0) is 31.2 Å². The third kappa shape index (κ3) is 3.45. The number of carbonyl (C=O) groups is 2. The van der Waals surface area contributed by atoms with E-state index in [2.05, 4.69) is 11.3 Å². The molecule has 0 aliphatic rings. The van der Waals surface area contributed by atoms with Gasteiger partial charge in [0.15, 0.2) is 0 Å². The highest BCUT2D eigenvalue weighted by molar-refractivity contribution is 5.93. The lowest BCUT2D eigenvalue weighted by Crippen LogP contribution is -2.12. The smallest absolute Gasteiger partial charge is 0.338 e. The highest BCUT2D eigenvalue weighted by atomic mass is 16.5. The van der Waals surface area contributed by atoms with Gasteiger partial charge in [-0.1, -0.05) is 12.7 Å². The molecule has 0 saturated heterocycles. The van der Waals surface area contributed by atoms with Crippen molar-refractivity contribution >= 4 is 11.9 Å². The number of rotatable bonds is 4. The molecule has 1 aromatic rings. The van der Waals surface area contributed by atoms with Crippen LogP contribution in [-0.2, 0) is 9.47 Å². The maximum absolute atomic E-state index is 11.6. The van der Waals surface area contributed by atoms with E-state index in [0.29, 0.717) is 11.1 Å². The van der Waals surface area contributed by atoms with Crippen molar-refractivity contribution in [2.45, 2.75) is 13.0 Å². The predicted molar refractivity (Wildman–Crippen MR) is 62.9 cm³/mol. The summed E-state index contributed by atoms with van der Waals surface area (Å²) < 4.78 is 9.59. The molecule has 0 aliphatic carbocycles. The van der Waals surface area contributed by atoms with E-state index in [1.807, 2.05) is 0 Å². The third-order valence-electron chi connectivity index (χ3n) is 2.17. The number of methoxy groups -OCH3 is 1. The van der Waals surface area contributed by atoms with Crippen molar-refractivity contribution in [1.29, 1.82) is 0 Å². The number of esters is 2. The first-order valence-electron chi connectivity index (χ1n) is 5.10. The molecule has 0 radical (unpaired) electrons. The lowest BCUT2D eigenvalue weighted by atomic mass is 10.1. The van der Waals surface area contributed by atoms with E-state index in [1.165, 1.54) is 37.5 Å². The van der Waals surface area contributed by atoms with Crippen LogP contribution in [0.4, 0.5) is 0 Å². The summed E-state index contributed by atoms with van der Waals surface area (Å²) in [7, 11) is 1.30. The van der Waals surface area contributed by atoms with Gasteiger partial charge in [-0.2, -0.15) is 0 Å². The van der Waals surface area contributed by atoms with Crippen molar-refractivity contribution in [3.63, 3.8) is 0 Å². The Kier molecular flexibility index (Phi) is 4.46. The second kappa shape index (κ2) is 5.84. The van der Waals surface area contributed by atoms with E-state index in [1.54, 1.807) is 6.92 Å². The van der Waals surface area contributed by atoms with Crippen LogP contribution in [0.2, 0.25) is 0 Å². The molecule has 0 N–H and O–H groups in total. The molecule has 4 nitrogen and oxygen atoms in total. The van der Waals surface area contributed by atoms with Crippen LogP contribution >= 0.6 is 0 Å². The van der Waals surface area contributed by atoms with Gasteiger partial charge in [0.25, 0.3) is 0 Å². The minimum absolute atomic E-state index is 0.345. The Bertz CT molecular complexity index is 420. The molecule has 90 valence electrons. The first-order chi connectivity index (χ1) is 8.08. The first-order valence-corrected chi connectivity index (χ1v) is 5.10. The van der Waals surface area contributed by atoms with Crippen molar-refractivity contribution < 1.29 is 19.1 Å². The molecule has 1 unspecified atom stereocenters. The third-order valence-corrected chi connectivity index (χ3v) is 2.17. The zero-order chi connectivity index (χ0) is 12.8. The normalized spacial score (nSPS) is 11.4. The molecule has 4 heteroatoms. The van der Waals surface area contributed by atoms with E-state index < -0.39 is 11.9 Å². The molecule has 0 heterocycles. The minimum Gasteiger partial charge on any atom is -0.465 e. The fourth-order valence-corrected chi connectivity index (χ4v) is 1.15. The zero-order valence-electron chi connectivity index (χ0n) is 9.80. The Hall–Kier alpha value is -2.10. The number of carbonyl (C=O) groups excluding carboxylic acids is 2. The predicted octanol–water partition coefficient (Wildman–Crippen LogP) is 2.20. The molecule has 1 rings (SSSR count). The number of hydrogen-bond donors (Lipinski definition) is 0. The van der Waals surface area contributed by atoms with Gasteiger partial charge in [0.1, 0.15) is 6.10 Å². The van der Waals surface area contributed by atoms with Crippen LogP contribution < -0.4 is 0 Å². The van der Waals surface area contributed by atoms with Crippen LogP contribution in [0.3, 0.4) is 0 Å². The molecule has 0 spiro atoms. The summed E-state index contributed by atoms with van der Waals surface area (Å²) in [4.78, 5) is 22.7. The molecule has 1 aromatic carbocycles. The standard InChI is InChI=1S/C13H14O4/c1-4-9(2)17-13(15)11-7-5-10(6-8-11)12(14)16-3/h4-9H,1H2,2-3H3. The monoisotopic (exact) mass is 234 g/mol. The van der Waals surface area contributed by atoms with Crippen LogP contribution in [0.25, 0.3) is 0 Å². The van der Waals surface area contributed by atoms with Gasteiger partial charge in [0, 0.05) is 0 Å². The Morgan fingerprint density at radius 1 is 1.18 bits per heavy atom. The summed E-state index contributed by atoms with van der Waals surface area (Å²) in [6, 6.07) is 6.07. The van der Waals surface area contributed by atoms with Crippen molar-refractivity contribution in [2.75, 3.05) is 7.11 Å². The molecule has 0 fully saturated rings. The van der Waals surface area contributed by atoms with Gasteiger partial charge in [0.05, 0.1) is 18.2 Å². The molecule has 17 heavy (non-hydrogen) atoms. The van der Waals surface area contributed by atoms with Crippen LogP contribution in [0.15, 0.2) is 36.9 Å². The lowest BCUT2D eigenvalue weighted by molar-refractivity contribution is 0.0424. The maximum Gasteiger partial charge on any atom is 0.338 e. The van der Waals surface area contributed by atoms with Gasteiger partial charge >= 0.3 is 11.9 Å². The van der Waals surface area contributed by atoms with Crippen molar-refractivity contribution in [2.24, 2.45) is 0 Å². The fourth-order valence-electron chi connectivity index (χ4n) is 1.15. The quantitative estimate of drug-likeness (QED) is 0.592. The van der Waals surface area contributed by atoms with Crippen molar-refractivity contribution in [1.82, 2.24) is 0 Å². The van der Waals surface area contributed by atoms with E-state index in [4.69, 9.17) is 4.74 Å². The largest absolute Gasteiger partial charge is 0.465 e. The van der Waals surface area contributed by atoms with E-state index in [9.17, 15) is 9.59 Å². The molecule has 0 aromatic heterocycles. The molecule has 1 atom stereocenters. The maximum atomic E-state index is 11.6. The highest BCUT2D eigenvalue weighted by Gasteiger charge is 2.11. The number of hydrogen-bond acceptors (Lipinski definition) is 4. The van der Waals surface area contributed by atoms with E-state index in [-0.39, 0.29) is 6.10 Å². The minimum atomic E-state index is -0.450. The van der Waals surface area contributed by atoms with Crippen LogP contribution in [-0.4, -0.2) is 25.2 Å². The van der Waals surface area contributed by atoms with Crippen molar-refractivity contribution in [3.05, 3.63) is 48.0 Å². The summed E-state index contributed by atoms with van der Waals surface area (Å²) in [5.41, 5.74) is 0.771. The fraction of sp³-hybridized carbons (Fsp3) is 0.231. The van der Waals surface area contributed by atoms with Gasteiger partial charge in [0.2, 0.25) is 0 Å². The summed E-state index contributed by atoms with van der Waals surface area (Å²) in [5, 5.41) is 0. The SMILES string of the molecule is C=CC(C)OC(=O)c1ccc(C(=O)OC)cc1. The molecule has 0 amide bonds. The van der Waals surface area contributed by atoms with Gasteiger partial charge < -0.3 is 9.47 Å². The molecule has 0 bridgehead atoms. The van der Waals surface area contributed by atoms with Gasteiger partial charge in [-0.25, -0.2) is 9.59 Å². The Labute approximate surface area is 99.8 Å². The van der Waals surface area contributed by atoms with Crippen LogP contribution in [0, 0.1) is 0 Å². The summed E-state index contributed by atoms with van der Waals surface area (Å²) in [5.74, 6) is -0.891.